The highest BCUT2D eigenvalue weighted by Crippen LogP contribution is 2.38. The van der Waals surface area contributed by atoms with E-state index in [4.69, 9.17) is 11.6 Å². The molecule has 6 heteroatoms. The minimum absolute atomic E-state index is 0.0940. The summed E-state index contributed by atoms with van der Waals surface area (Å²) in [7, 11) is 0. The van der Waals surface area contributed by atoms with Gasteiger partial charge in [0.05, 0.1) is 0 Å². The van der Waals surface area contributed by atoms with Gasteiger partial charge >= 0.3 is 0 Å². The molecule has 2 aromatic rings. The van der Waals surface area contributed by atoms with E-state index in [1.165, 1.54) is 19.1 Å². The maximum atomic E-state index is 13.7. The van der Waals surface area contributed by atoms with Crippen molar-refractivity contribution in [1.82, 2.24) is 0 Å². The fraction of sp³-hybridized carbons (Fsp3) is 0.167. The Morgan fingerprint density at radius 2 is 2.00 bits per heavy atom. The summed E-state index contributed by atoms with van der Waals surface area (Å²) in [6.45, 7) is 1.47. The number of benzene rings is 1. The fourth-order valence-electron chi connectivity index (χ4n) is 1.52. The average molecular weight is 354 g/mol. The van der Waals surface area contributed by atoms with Crippen molar-refractivity contribution >= 4 is 38.9 Å². The van der Waals surface area contributed by atoms with Crippen molar-refractivity contribution in [2.24, 2.45) is 0 Å². The molecule has 0 saturated carbocycles. The molecule has 1 heterocycles. The molecule has 0 radical (unpaired) electrons. The van der Waals surface area contributed by atoms with Crippen LogP contribution in [0.1, 0.15) is 22.1 Å². The zero-order valence-corrected chi connectivity index (χ0v) is 12.3. The normalized spacial score (nSPS) is 12.8. The summed E-state index contributed by atoms with van der Waals surface area (Å²) >= 11 is 10.2. The van der Waals surface area contributed by atoms with Gasteiger partial charge in [-0.15, -0.1) is 11.3 Å². The fourth-order valence-corrected chi connectivity index (χ4v) is 3.26. The smallest absolute Gasteiger partial charge is 0.165 e. The summed E-state index contributed by atoms with van der Waals surface area (Å²) < 4.78 is 28.2. The van der Waals surface area contributed by atoms with Crippen LogP contribution in [0.3, 0.4) is 0 Å². The molecule has 0 aliphatic heterocycles. The topological polar surface area (TPSA) is 20.2 Å². The van der Waals surface area contributed by atoms with Crippen molar-refractivity contribution in [3.63, 3.8) is 0 Å². The van der Waals surface area contributed by atoms with Crippen LogP contribution in [0, 0.1) is 18.6 Å². The summed E-state index contributed by atoms with van der Waals surface area (Å²) in [5.41, 5.74) is 0.109. The highest BCUT2D eigenvalue weighted by Gasteiger charge is 2.21. The molecule has 1 aromatic carbocycles. The summed E-state index contributed by atoms with van der Waals surface area (Å²) in [6.07, 6.45) is -1.23. The minimum atomic E-state index is -1.23. The van der Waals surface area contributed by atoms with Gasteiger partial charge in [-0.3, -0.25) is 0 Å². The first-order chi connectivity index (χ1) is 8.41. The van der Waals surface area contributed by atoms with E-state index in [1.807, 2.05) is 0 Å². The average Bonchev–Trinajstić information content (AvgIpc) is 2.66. The van der Waals surface area contributed by atoms with Gasteiger partial charge in [0.1, 0.15) is 10.4 Å². The predicted molar refractivity (Wildman–Crippen MR) is 72.2 cm³/mol. The SMILES string of the molecule is Cc1ccc(C(O)c2cc(Br)c(Cl)s2)c(F)c1F. The Morgan fingerprint density at radius 1 is 1.33 bits per heavy atom. The lowest BCUT2D eigenvalue weighted by molar-refractivity contribution is 0.217. The van der Waals surface area contributed by atoms with E-state index in [2.05, 4.69) is 15.9 Å². The number of aliphatic hydroxyl groups excluding tert-OH is 1. The van der Waals surface area contributed by atoms with Crippen molar-refractivity contribution in [3.8, 4) is 0 Å². The summed E-state index contributed by atoms with van der Waals surface area (Å²) in [5, 5.41) is 10.1. The summed E-state index contributed by atoms with van der Waals surface area (Å²) in [6, 6.07) is 4.40. The molecule has 0 fully saturated rings. The quantitative estimate of drug-likeness (QED) is 0.819. The van der Waals surface area contributed by atoms with Crippen LogP contribution >= 0.6 is 38.9 Å². The molecule has 0 saturated heterocycles. The molecule has 0 aliphatic carbocycles. The molecule has 0 spiro atoms. The largest absolute Gasteiger partial charge is 0.383 e. The van der Waals surface area contributed by atoms with E-state index in [9.17, 15) is 13.9 Å². The third-order valence-corrected chi connectivity index (χ3v) is 5.06. The third-order valence-electron chi connectivity index (χ3n) is 2.53. The number of aryl methyl sites for hydroxylation is 1. The third kappa shape index (κ3) is 2.45. The van der Waals surface area contributed by atoms with Crippen molar-refractivity contribution in [2.45, 2.75) is 13.0 Å². The highest BCUT2D eigenvalue weighted by atomic mass is 79.9. The highest BCUT2D eigenvalue weighted by molar-refractivity contribution is 9.10. The van der Waals surface area contributed by atoms with Crippen LogP contribution in [0.15, 0.2) is 22.7 Å². The number of aliphatic hydroxyl groups is 1. The zero-order chi connectivity index (χ0) is 13.4. The monoisotopic (exact) mass is 352 g/mol. The molecule has 0 amide bonds. The van der Waals surface area contributed by atoms with Gasteiger partial charge in [-0.1, -0.05) is 23.7 Å². The molecule has 96 valence electrons. The van der Waals surface area contributed by atoms with Gasteiger partial charge in [-0.05, 0) is 34.5 Å². The van der Waals surface area contributed by atoms with Gasteiger partial charge in [0.25, 0.3) is 0 Å². The molecule has 1 atom stereocenters. The van der Waals surface area contributed by atoms with E-state index in [-0.39, 0.29) is 11.1 Å². The Labute approximate surface area is 120 Å². The molecule has 0 bridgehead atoms. The maximum absolute atomic E-state index is 13.7. The van der Waals surface area contributed by atoms with Gasteiger partial charge in [-0.25, -0.2) is 8.78 Å². The van der Waals surface area contributed by atoms with E-state index < -0.39 is 17.7 Å². The lowest BCUT2D eigenvalue weighted by Gasteiger charge is -2.11. The summed E-state index contributed by atoms with van der Waals surface area (Å²) in [5.74, 6) is -1.96. The molecular weight excluding hydrogens is 346 g/mol. The first-order valence-electron chi connectivity index (χ1n) is 4.99. The molecule has 0 aliphatic rings. The van der Waals surface area contributed by atoms with Crippen molar-refractivity contribution in [3.05, 3.63) is 54.6 Å². The Kier molecular flexibility index (Phi) is 4.06. The lowest BCUT2D eigenvalue weighted by Crippen LogP contribution is -2.03. The second-order valence-corrected chi connectivity index (χ2v) is 6.31. The predicted octanol–water partition coefficient (Wildman–Crippen LogP) is 4.83. The van der Waals surface area contributed by atoms with Gasteiger partial charge < -0.3 is 5.11 Å². The van der Waals surface area contributed by atoms with Gasteiger partial charge in [0.15, 0.2) is 11.6 Å². The van der Waals surface area contributed by atoms with Crippen LogP contribution in [0.5, 0.6) is 0 Å². The molecule has 18 heavy (non-hydrogen) atoms. The van der Waals surface area contributed by atoms with E-state index in [1.54, 1.807) is 6.07 Å². The zero-order valence-electron chi connectivity index (χ0n) is 9.18. The minimum Gasteiger partial charge on any atom is -0.383 e. The molecule has 1 nitrogen and oxygen atoms in total. The summed E-state index contributed by atoms with van der Waals surface area (Å²) in [4.78, 5) is 0.453. The second-order valence-electron chi connectivity index (χ2n) is 3.77. The molecule has 2 rings (SSSR count). The second kappa shape index (κ2) is 5.25. The van der Waals surface area contributed by atoms with Crippen LogP contribution in [-0.2, 0) is 0 Å². The van der Waals surface area contributed by atoms with Crippen LogP contribution in [0.4, 0.5) is 8.78 Å². The van der Waals surface area contributed by atoms with E-state index >= 15 is 0 Å². The maximum Gasteiger partial charge on any atom is 0.165 e. The van der Waals surface area contributed by atoms with E-state index in [0.29, 0.717) is 13.7 Å². The molecule has 1 aromatic heterocycles. The van der Waals surface area contributed by atoms with Crippen LogP contribution in [0.2, 0.25) is 4.34 Å². The number of halogens is 4. The van der Waals surface area contributed by atoms with Crippen LogP contribution in [0.25, 0.3) is 0 Å². The van der Waals surface area contributed by atoms with Gasteiger partial charge in [-0.2, -0.15) is 0 Å². The standard InChI is InChI=1S/C12H8BrClF2OS/c1-5-2-3-6(10(16)9(5)15)11(17)8-4-7(13)12(14)18-8/h2-4,11,17H,1H3. The first kappa shape index (κ1) is 13.9. The Morgan fingerprint density at radius 3 is 2.56 bits per heavy atom. The lowest BCUT2D eigenvalue weighted by atomic mass is 10.0. The molecular formula is C12H8BrClF2OS. The Hall–Kier alpha value is -0.490. The van der Waals surface area contributed by atoms with Gasteiger partial charge in [0.2, 0.25) is 0 Å². The van der Waals surface area contributed by atoms with E-state index in [0.717, 1.165) is 11.3 Å². The van der Waals surface area contributed by atoms with Crippen LogP contribution in [-0.4, -0.2) is 5.11 Å². The van der Waals surface area contributed by atoms with Crippen molar-refractivity contribution < 1.29 is 13.9 Å². The van der Waals surface area contributed by atoms with Crippen molar-refractivity contribution in [1.29, 1.82) is 0 Å². The Balaban J connectivity index is 2.46. The first-order valence-corrected chi connectivity index (χ1v) is 6.98. The molecule has 1 unspecified atom stereocenters. The Bertz CT molecular complexity index is 581. The van der Waals surface area contributed by atoms with Gasteiger partial charge in [0, 0.05) is 14.9 Å². The number of hydrogen-bond donors (Lipinski definition) is 1. The van der Waals surface area contributed by atoms with Crippen molar-refractivity contribution in [2.75, 3.05) is 0 Å². The number of thiophene rings is 1. The number of rotatable bonds is 2. The van der Waals surface area contributed by atoms with Crippen LogP contribution < -0.4 is 0 Å². The molecule has 1 N–H and O–H groups in total. The number of hydrogen-bond acceptors (Lipinski definition) is 2.